The van der Waals surface area contributed by atoms with Crippen molar-refractivity contribution in [3.63, 3.8) is 0 Å². The molecule has 166 valence electrons. The highest BCUT2D eigenvalue weighted by molar-refractivity contribution is 7.89. The molecular weight excluding hydrogens is 438 g/mol. The average molecular weight is 464 g/mol. The molecule has 10 heteroatoms. The van der Waals surface area contributed by atoms with E-state index in [-0.39, 0.29) is 17.2 Å². The van der Waals surface area contributed by atoms with Crippen LogP contribution in [-0.2, 0) is 21.4 Å². The molecule has 0 aliphatic carbocycles. The van der Waals surface area contributed by atoms with Gasteiger partial charge in [0, 0.05) is 31.3 Å². The van der Waals surface area contributed by atoms with Gasteiger partial charge < -0.3 is 9.88 Å². The molecule has 1 aliphatic heterocycles. The molecule has 8 nitrogen and oxygen atoms in total. The van der Waals surface area contributed by atoms with Gasteiger partial charge in [-0.2, -0.15) is 9.82 Å². The molecule has 3 heterocycles. The number of likely N-dealkylation sites (tertiary alicyclic amines) is 1. The number of hydrogen-bond donors (Lipinski definition) is 2. The van der Waals surface area contributed by atoms with Crippen LogP contribution in [-0.4, -0.2) is 53.1 Å². The zero-order valence-electron chi connectivity index (χ0n) is 17.3. The van der Waals surface area contributed by atoms with Crippen LogP contribution in [0.25, 0.3) is 10.9 Å². The quantitative estimate of drug-likeness (QED) is 0.562. The number of nitrogens with one attached hydrogen (secondary N) is 2. The lowest BCUT2D eigenvalue weighted by molar-refractivity contribution is -0.134. The summed E-state index contributed by atoms with van der Waals surface area (Å²) >= 11 is 6.10. The molecule has 2 aromatic heterocycles. The van der Waals surface area contributed by atoms with Crippen molar-refractivity contribution < 1.29 is 13.2 Å². The molecule has 3 aromatic rings. The number of aryl methyl sites for hydroxylation is 1. The third-order valence-electron chi connectivity index (χ3n) is 5.82. The zero-order valence-corrected chi connectivity index (χ0v) is 18.9. The van der Waals surface area contributed by atoms with Gasteiger partial charge in [-0.1, -0.05) is 24.6 Å². The number of carbonyl (C=O) groups excluding carboxylic acids is 1. The van der Waals surface area contributed by atoms with Crippen LogP contribution in [0.4, 0.5) is 0 Å². The molecule has 1 aromatic carbocycles. The summed E-state index contributed by atoms with van der Waals surface area (Å²) in [6.45, 7) is 3.76. The fraction of sp³-hybridized carbons (Fsp3) is 0.429. The Bertz CT molecular complexity index is 1160. The molecule has 0 saturated carbocycles. The van der Waals surface area contributed by atoms with E-state index in [4.69, 9.17) is 11.6 Å². The molecule has 1 unspecified atom stereocenters. The molecule has 1 amide bonds. The largest absolute Gasteiger partial charge is 0.361 e. The Morgan fingerprint density at radius 3 is 2.77 bits per heavy atom. The molecule has 31 heavy (non-hydrogen) atoms. The number of amides is 1. The van der Waals surface area contributed by atoms with Gasteiger partial charge in [0.25, 0.3) is 0 Å². The van der Waals surface area contributed by atoms with Crippen LogP contribution in [0.5, 0.6) is 0 Å². The van der Waals surface area contributed by atoms with Gasteiger partial charge >= 0.3 is 0 Å². The van der Waals surface area contributed by atoms with E-state index < -0.39 is 16.1 Å². The van der Waals surface area contributed by atoms with Crippen molar-refractivity contribution in [1.29, 1.82) is 0 Å². The second-order valence-corrected chi connectivity index (χ2v) is 10.2. The Balaban J connectivity index is 1.56. The number of H-pyrrole nitrogens is 1. The molecule has 1 fully saturated rings. The normalized spacial score (nSPS) is 16.6. The number of rotatable bonds is 7. The van der Waals surface area contributed by atoms with Gasteiger partial charge in [-0.15, -0.1) is 0 Å². The summed E-state index contributed by atoms with van der Waals surface area (Å²) in [4.78, 5) is 18.2. The minimum Gasteiger partial charge on any atom is -0.361 e. The number of hydrogen-bond acceptors (Lipinski definition) is 4. The van der Waals surface area contributed by atoms with Crippen molar-refractivity contribution in [2.75, 3.05) is 13.1 Å². The van der Waals surface area contributed by atoms with E-state index in [1.54, 1.807) is 46.2 Å². The maximum atomic E-state index is 13.3. The highest BCUT2D eigenvalue weighted by Gasteiger charge is 2.31. The van der Waals surface area contributed by atoms with Crippen molar-refractivity contribution in [1.82, 2.24) is 24.4 Å². The Morgan fingerprint density at radius 1 is 1.29 bits per heavy atom. The predicted octanol–water partition coefficient (Wildman–Crippen LogP) is 3.01. The van der Waals surface area contributed by atoms with Gasteiger partial charge in [0.2, 0.25) is 15.9 Å². The summed E-state index contributed by atoms with van der Waals surface area (Å²) in [7, 11) is -3.90. The average Bonchev–Trinajstić information content (AvgIpc) is 3.39. The summed E-state index contributed by atoms with van der Waals surface area (Å²) in [5.74, 6) is 0.356. The smallest absolute Gasteiger partial charge is 0.241 e. The lowest BCUT2D eigenvalue weighted by Gasteiger charge is -2.33. The van der Waals surface area contributed by atoms with Crippen molar-refractivity contribution in [2.24, 2.45) is 5.92 Å². The highest BCUT2D eigenvalue weighted by atomic mass is 35.5. The monoisotopic (exact) mass is 463 g/mol. The van der Waals surface area contributed by atoms with Crippen LogP contribution in [0.15, 0.2) is 47.6 Å². The van der Waals surface area contributed by atoms with E-state index in [1.807, 2.05) is 6.07 Å². The van der Waals surface area contributed by atoms with Crippen LogP contribution >= 0.6 is 11.6 Å². The highest BCUT2D eigenvalue weighted by Crippen LogP contribution is 2.21. The van der Waals surface area contributed by atoms with E-state index in [2.05, 4.69) is 21.7 Å². The number of nitrogens with zero attached hydrogens (tertiary/aromatic N) is 3. The molecule has 0 radical (unpaired) electrons. The molecule has 0 bridgehead atoms. The molecule has 4 rings (SSSR count). The Kier molecular flexibility index (Phi) is 6.36. The number of piperidine rings is 1. The van der Waals surface area contributed by atoms with E-state index in [0.717, 1.165) is 23.7 Å². The third kappa shape index (κ3) is 4.94. The van der Waals surface area contributed by atoms with E-state index in [1.165, 1.54) is 0 Å². The van der Waals surface area contributed by atoms with Crippen molar-refractivity contribution in [3.05, 3.63) is 47.9 Å². The Morgan fingerprint density at radius 2 is 2.06 bits per heavy atom. The van der Waals surface area contributed by atoms with Crippen LogP contribution in [0.1, 0.15) is 26.2 Å². The van der Waals surface area contributed by atoms with Gasteiger partial charge in [-0.25, -0.2) is 8.42 Å². The summed E-state index contributed by atoms with van der Waals surface area (Å²) in [5.41, 5.74) is 0.721. The van der Waals surface area contributed by atoms with Crippen LogP contribution in [0.3, 0.4) is 0 Å². The molecule has 1 atom stereocenters. The second kappa shape index (κ2) is 9.02. The van der Waals surface area contributed by atoms with Crippen molar-refractivity contribution in [2.45, 2.75) is 43.7 Å². The fourth-order valence-corrected chi connectivity index (χ4v) is 5.30. The first kappa shape index (κ1) is 21.9. The van der Waals surface area contributed by atoms with E-state index in [9.17, 15) is 13.2 Å². The molecule has 1 aliphatic rings. The number of aromatic nitrogens is 3. The fourth-order valence-electron chi connectivity index (χ4n) is 3.86. The topological polar surface area (TPSA) is 100 Å². The first-order valence-electron chi connectivity index (χ1n) is 10.4. The first-order chi connectivity index (χ1) is 14.8. The summed E-state index contributed by atoms with van der Waals surface area (Å²) < 4.78 is 30.5. The molecular formula is C21H26ClN5O3S. The molecule has 0 spiro atoms. The van der Waals surface area contributed by atoms with Gasteiger partial charge in [0.1, 0.15) is 11.2 Å². The number of fused-ring (bicyclic) bond motifs is 1. The van der Waals surface area contributed by atoms with E-state index >= 15 is 0 Å². The minimum atomic E-state index is -3.90. The van der Waals surface area contributed by atoms with E-state index in [0.29, 0.717) is 30.7 Å². The number of benzene rings is 1. The van der Waals surface area contributed by atoms with Gasteiger partial charge in [-0.3, -0.25) is 9.48 Å². The SMILES string of the molecule is CC1CCN(C(=O)C(CCn2nccc2Cl)NS(=O)(=O)c2ccc3cc[nH]c3c2)CC1. The van der Waals surface area contributed by atoms with Crippen molar-refractivity contribution in [3.8, 4) is 0 Å². The number of halogens is 1. The van der Waals surface area contributed by atoms with Crippen LogP contribution < -0.4 is 4.72 Å². The summed E-state index contributed by atoms with van der Waals surface area (Å²) in [5, 5.41) is 5.49. The Hall–Kier alpha value is -2.36. The number of aromatic amines is 1. The van der Waals surface area contributed by atoms with Crippen LogP contribution in [0, 0.1) is 5.92 Å². The summed E-state index contributed by atoms with van der Waals surface area (Å²) in [6, 6.07) is 7.49. The third-order valence-corrected chi connectivity index (χ3v) is 7.61. The maximum Gasteiger partial charge on any atom is 0.241 e. The lowest BCUT2D eigenvalue weighted by Crippen LogP contribution is -2.50. The number of carbonyl (C=O) groups is 1. The second-order valence-electron chi connectivity index (χ2n) is 8.07. The number of sulfonamides is 1. The zero-order chi connectivity index (χ0) is 22.0. The van der Waals surface area contributed by atoms with Gasteiger partial charge in [0.05, 0.1) is 11.1 Å². The predicted molar refractivity (Wildman–Crippen MR) is 119 cm³/mol. The standard InChI is InChI=1S/C21H26ClN5O3S/c1-15-6-11-26(12-7-15)21(28)18(8-13-27-20(22)5-10-24-27)25-31(29,30)17-3-2-16-4-9-23-19(16)14-17/h2-5,9-10,14-15,18,23,25H,6-8,11-13H2,1H3. The lowest BCUT2D eigenvalue weighted by atomic mass is 9.98. The van der Waals surface area contributed by atoms with Gasteiger partial charge in [0.15, 0.2) is 0 Å². The molecule has 2 N–H and O–H groups in total. The van der Waals surface area contributed by atoms with Crippen molar-refractivity contribution >= 4 is 38.4 Å². The van der Waals surface area contributed by atoms with Gasteiger partial charge in [-0.05, 0) is 54.8 Å². The minimum absolute atomic E-state index is 0.115. The maximum absolute atomic E-state index is 13.3. The Labute approximate surface area is 186 Å². The first-order valence-corrected chi connectivity index (χ1v) is 12.3. The van der Waals surface area contributed by atoms with Crippen LogP contribution in [0.2, 0.25) is 5.15 Å². The summed E-state index contributed by atoms with van der Waals surface area (Å²) in [6.07, 6.45) is 5.41. The molecule has 1 saturated heterocycles.